The predicted molar refractivity (Wildman–Crippen MR) is 119 cm³/mol. The number of hydrogen-bond acceptors (Lipinski definition) is 3. The molecule has 1 aliphatic heterocycles. The zero-order valence-corrected chi connectivity index (χ0v) is 17.0. The molecule has 0 aromatic heterocycles. The third kappa shape index (κ3) is 3.53. The molecule has 3 aromatic carbocycles. The first kappa shape index (κ1) is 18.3. The average molecular weight is 402 g/mol. The molecule has 1 aliphatic carbocycles. The van der Waals surface area contributed by atoms with Crippen LogP contribution in [0.5, 0.6) is 5.75 Å². The van der Waals surface area contributed by atoms with Crippen LogP contribution in [0.2, 0.25) is 0 Å². The summed E-state index contributed by atoms with van der Waals surface area (Å²) < 4.78 is 5.91. The van der Waals surface area contributed by atoms with Crippen LogP contribution in [0, 0.1) is 0 Å². The molecule has 0 atom stereocenters. The van der Waals surface area contributed by atoms with Crippen LogP contribution in [0.3, 0.4) is 0 Å². The summed E-state index contributed by atoms with van der Waals surface area (Å²) in [5, 5.41) is 3.17. The number of anilines is 1. The van der Waals surface area contributed by atoms with Crippen molar-refractivity contribution >= 4 is 23.4 Å². The van der Waals surface area contributed by atoms with Gasteiger partial charge in [0.25, 0.3) is 0 Å². The first-order valence-electron chi connectivity index (χ1n) is 10.0. The van der Waals surface area contributed by atoms with Gasteiger partial charge in [-0.1, -0.05) is 54.6 Å². The summed E-state index contributed by atoms with van der Waals surface area (Å²) in [5.74, 6) is 3.01. The molecule has 3 aromatic rings. The van der Waals surface area contributed by atoms with Gasteiger partial charge in [0.05, 0.1) is 5.41 Å². The maximum atomic E-state index is 13.6. The Balaban J connectivity index is 1.39. The molecule has 1 saturated heterocycles. The zero-order chi connectivity index (χ0) is 19.7. The Kier molecular flexibility index (Phi) is 4.80. The minimum atomic E-state index is -0.580. The Morgan fingerprint density at radius 2 is 1.48 bits per heavy atom. The number of rotatable bonds is 5. The Morgan fingerprint density at radius 1 is 0.862 bits per heavy atom. The second-order valence-corrected chi connectivity index (χ2v) is 8.90. The minimum Gasteiger partial charge on any atom is -0.489 e. The minimum absolute atomic E-state index is 0.0453. The largest absolute Gasteiger partial charge is 0.489 e. The molecule has 1 heterocycles. The third-order valence-electron chi connectivity index (χ3n) is 5.89. The van der Waals surface area contributed by atoms with Crippen LogP contribution in [0.15, 0.2) is 78.9 Å². The number of hydrogen-bond donors (Lipinski definition) is 1. The molecule has 5 rings (SSSR count). The maximum absolute atomic E-state index is 13.6. The fourth-order valence-corrected chi connectivity index (χ4v) is 4.77. The molecule has 1 fully saturated rings. The van der Waals surface area contributed by atoms with E-state index in [-0.39, 0.29) is 5.91 Å². The van der Waals surface area contributed by atoms with Gasteiger partial charge in [0.15, 0.2) is 0 Å². The molecule has 4 heteroatoms. The molecule has 0 unspecified atom stereocenters. The van der Waals surface area contributed by atoms with E-state index in [0.717, 1.165) is 41.3 Å². The second-order valence-electron chi connectivity index (χ2n) is 7.83. The first-order chi connectivity index (χ1) is 14.2. The van der Waals surface area contributed by atoms with Crippen LogP contribution in [0.4, 0.5) is 5.69 Å². The number of thioether (sulfide) groups is 1. The predicted octanol–water partition coefficient (Wildman–Crippen LogP) is 4.86. The third-order valence-corrected chi connectivity index (χ3v) is 7.10. The fraction of sp³-hybridized carbons (Fsp3) is 0.240. The molecule has 0 spiro atoms. The van der Waals surface area contributed by atoms with Gasteiger partial charge in [-0.05, 0) is 53.8 Å². The normalized spacial score (nSPS) is 17.2. The monoisotopic (exact) mass is 401 g/mol. The van der Waals surface area contributed by atoms with E-state index in [1.54, 1.807) is 0 Å². The summed E-state index contributed by atoms with van der Waals surface area (Å²) in [6, 6.07) is 26.3. The SMILES string of the molecule is O=C(Nc1ccc(OC2CSC2)cc1)C1(c2ccccc2)Cc2ccccc2C1. The van der Waals surface area contributed by atoms with Crippen molar-refractivity contribution in [3.8, 4) is 5.75 Å². The molecule has 2 aliphatic rings. The van der Waals surface area contributed by atoms with E-state index in [2.05, 4.69) is 41.7 Å². The van der Waals surface area contributed by atoms with Crippen molar-refractivity contribution in [3.05, 3.63) is 95.6 Å². The van der Waals surface area contributed by atoms with E-state index in [1.165, 1.54) is 11.1 Å². The molecule has 0 saturated carbocycles. The van der Waals surface area contributed by atoms with Crippen molar-refractivity contribution in [2.75, 3.05) is 16.8 Å². The lowest BCUT2D eigenvalue weighted by Crippen LogP contribution is -2.41. The molecular formula is C25H23NO2S. The van der Waals surface area contributed by atoms with E-state index in [4.69, 9.17) is 4.74 Å². The highest BCUT2D eigenvalue weighted by molar-refractivity contribution is 8.00. The second kappa shape index (κ2) is 7.60. The van der Waals surface area contributed by atoms with Crippen molar-refractivity contribution in [2.24, 2.45) is 0 Å². The molecule has 3 nitrogen and oxygen atoms in total. The quantitative estimate of drug-likeness (QED) is 0.664. The number of fused-ring (bicyclic) bond motifs is 1. The summed E-state index contributed by atoms with van der Waals surface area (Å²) in [4.78, 5) is 13.6. The number of amides is 1. The van der Waals surface area contributed by atoms with Crippen molar-refractivity contribution in [3.63, 3.8) is 0 Å². The maximum Gasteiger partial charge on any atom is 0.235 e. The molecule has 146 valence electrons. The van der Waals surface area contributed by atoms with Crippen LogP contribution in [0.25, 0.3) is 0 Å². The van der Waals surface area contributed by atoms with Crippen molar-refractivity contribution in [2.45, 2.75) is 24.4 Å². The Hall–Kier alpha value is -2.72. The van der Waals surface area contributed by atoms with Gasteiger partial charge in [-0.2, -0.15) is 11.8 Å². The summed E-state index contributed by atoms with van der Waals surface area (Å²) in [7, 11) is 0. The van der Waals surface area contributed by atoms with Gasteiger partial charge in [0.2, 0.25) is 5.91 Å². The Bertz CT molecular complexity index is 988. The summed E-state index contributed by atoms with van der Waals surface area (Å²) in [5.41, 5.74) is 3.80. The topological polar surface area (TPSA) is 38.3 Å². The summed E-state index contributed by atoms with van der Waals surface area (Å²) in [6.45, 7) is 0. The number of carbonyl (C=O) groups is 1. The molecule has 0 radical (unpaired) electrons. The van der Waals surface area contributed by atoms with Crippen molar-refractivity contribution in [1.82, 2.24) is 0 Å². The van der Waals surface area contributed by atoms with Gasteiger partial charge in [-0.15, -0.1) is 0 Å². The lowest BCUT2D eigenvalue weighted by atomic mass is 9.76. The van der Waals surface area contributed by atoms with E-state index < -0.39 is 5.41 Å². The van der Waals surface area contributed by atoms with Crippen molar-refractivity contribution in [1.29, 1.82) is 0 Å². The zero-order valence-electron chi connectivity index (χ0n) is 16.1. The number of nitrogens with one attached hydrogen (secondary N) is 1. The molecule has 1 amide bonds. The lowest BCUT2D eigenvalue weighted by molar-refractivity contribution is -0.121. The first-order valence-corrected chi connectivity index (χ1v) is 11.2. The van der Waals surface area contributed by atoms with Crippen LogP contribution >= 0.6 is 11.8 Å². The van der Waals surface area contributed by atoms with E-state index in [1.807, 2.05) is 54.2 Å². The van der Waals surface area contributed by atoms with Gasteiger partial charge in [-0.3, -0.25) is 4.79 Å². The van der Waals surface area contributed by atoms with Gasteiger partial charge >= 0.3 is 0 Å². The van der Waals surface area contributed by atoms with E-state index in [0.29, 0.717) is 6.10 Å². The average Bonchev–Trinajstić information content (AvgIpc) is 3.14. The Labute approximate surface area is 175 Å². The van der Waals surface area contributed by atoms with Gasteiger partial charge in [0.1, 0.15) is 11.9 Å². The molecule has 29 heavy (non-hydrogen) atoms. The van der Waals surface area contributed by atoms with Crippen LogP contribution in [-0.4, -0.2) is 23.5 Å². The standard InChI is InChI=1S/C25H23NO2S/c27-24(26-21-10-12-22(13-11-21)28-23-16-29-17-23)25(20-8-2-1-3-9-20)14-18-6-4-5-7-19(18)15-25/h1-13,23H,14-17H2,(H,26,27). The van der Waals surface area contributed by atoms with Gasteiger partial charge < -0.3 is 10.1 Å². The lowest BCUT2D eigenvalue weighted by Gasteiger charge is -2.29. The van der Waals surface area contributed by atoms with Crippen molar-refractivity contribution < 1.29 is 9.53 Å². The van der Waals surface area contributed by atoms with Gasteiger partial charge in [-0.25, -0.2) is 0 Å². The van der Waals surface area contributed by atoms with Crippen LogP contribution in [0.1, 0.15) is 16.7 Å². The molecular weight excluding hydrogens is 378 g/mol. The molecule has 1 N–H and O–H groups in total. The highest BCUT2D eigenvalue weighted by atomic mass is 32.2. The summed E-state index contributed by atoms with van der Waals surface area (Å²) >= 11 is 1.90. The molecule has 0 bridgehead atoms. The van der Waals surface area contributed by atoms with Crippen LogP contribution < -0.4 is 10.1 Å². The van der Waals surface area contributed by atoms with Gasteiger partial charge in [0, 0.05) is 17.2 Å². The number of ether oxygens (including phenoxy) is 1. The Morgan fingerprint density at radius 3 is 2.07 bits per heavy atom. The fourth-order valence-electron chi connectivity index (χ4n) is 4.21. The smallest absolute Gasteiger partial charge is 0.235 e. The highest BCUT2D eigenvalue weighted by Gasteiger charge is 2.45. The summed E-state index contributed by atoms with van der Waals surface area (Å²) in [6.07, 6.45) is 1.76. The number of benzene rings is 3. The van der Waals surface area contributed by atoms with E-state index >= 15 is 0 Å². The van der Waals surface area contributed by atoms with E-state index in [9.17, 15) is 4.79 Å². The highest BCUT2D eigenvalue weighted by Crippen LogP contribution is 2.41. The number of carbonyl (C=O) groups excluding carboxylic acids is 1. The van der Waals surface area contributed by atoms with Crippen LogP contribution in [-0.2, 0) is 23.1 Å².